The van der Waals surface area contributed by atoms with Gasteiger partial charge in [0.05, 0.1) is 0 Å². The second kappa shape index (κ2) is 7.43. The summed E-state index contributed by atoms with van der Waals surface area (Å²) in [6.45, 7) is 4.39. The van der Waals surface area contributed by atoms with Crippen LogP contribution in [0.15, 0.2) is 23.3 Å². The maximum absolute atomic E-state index is 11.7. The molecular weight excluding hydrogens is 196 g/mol. The van der Waals surface area contributed by atoms with Crippen molar-refractivity contribution in [3.05, 3.63) is 23.3 Å². The van der Waals surface area contributed by atoms with Crippen LogP contribution in [0.2, 0.25) is 0 Å². The number of rotatable bonds is 6. The summed E-state index contributed by atoms with van der Waals surface area (Å²) in [6.07, 6.45) is 13.2. The molecule has 0 aliphatic heterocycles. The second-order valence-electron chi connectivity index (χ2n) is 4.55. The number of hydrogen-bond acceptors (Lipinski definition) is 1. The van der Waals surface area contributed by atoms with Crippen LogP contribution in [0, 0.1) is 0 Å². The van der Waals surface area contributed by atoms with Gasteiger partial charge in [-0.1, -0.05) is 51.7 Å². The van der Waals surface area contributed by atoms with Crippen LogP contribution in [-0.2, 0) is 4.79 Å². The first kappa shape index (κ1) is 13.2. The summed E-state index contributed by atoms with van der Waals surface area (Å²) in [7, 11) is 0. The fourth-order valence-electron chi connectivity index (χ4n) is 2.08. The minimum atomic E-state index is 0.360. The van der Waals surface area contributed by atoms with Crippen molar-refractivity contribution in [1.29, 1.82) is 0 Å². The topological polar surface area (TPSA) is 17.1 Å². The van der Waals surface area contributed by atoms with Gasteiger partial charge in [0.25, 0.3) is 0 Å². The lowest BCUT2D eigenvalue weighted by Crippen LogP contribution is -1.93. The molecule has 0 radical (unpaired) electrons. The van der Waals surface area contributed by atoms with Crippen LogP contribution in [-0.4, -0.2) is 5.78 Å². The summed E-state index contributed by atoms with van der Waals surface area (Å²) in [5.41, 5.74) is 2.35. The van der Waals surface area contributed by atoms with Crippen molar-refractivity contribution in [3.8, 4) is 0 Å². The molecular formula is C15H24O. The van der Waals surface area contributed by atoms with Crippen molar-refractivity contribution in [2.75, 3.05) is 0 Å². The Kier molecular flexibility index (Phi) is 6.14. The summed E-state index contributed by atoms with van der Waals surface area (Å²) in [5, 5.41) is 0. The van der Waals surface area contributed by atoms with E-state index in [2.05, 4.69) is 26.0 Å². The van der Waals surface area contributed by atoms with Gasteiger partial charge in [-0.25, -0.2) is 0 Å². The molecule has 16 heavy (non-hydrogen) atoms. The van der Waals surface area contributed by atoms with Gasteiger partial charge in [-0.2, -0.15) is 0 Å². The van der Waals surface area contributed by atoms with Gasteiger partial charge in [-0.3, -0.25) is 4.79 Å². The molecule has 0 aromatic carbocycles. The number of allylic oxidation sites excluding steroid dienone is 4. The summed E-state index contributed by atoms with van der Waals surface area (Å²) in [4.78, 5) is 11.7. The Morgan fingerprint density at radius 3 is 2.25 bits per heavy atom. The van der Waals surface area contributed by atoms with Gasteiger partial charge in [-0.05, 0) is 24.8 Å². The van der Waals surface area contributed by atoms with E-state index in [9.17, 15) is 4.79 Å². The van der Waals surface area contributed by atoms with Crippen molar-refractivity contribution < 1.29 is 4.79 Å². The Morgan fingerprint density at radius 1 is 1.00 bits per heavy atom. The van der Waals surface area contributed by atoms with E-state index in [1.165, 1.54) is 31.3 Å². The molecule has 0 bridgehead atoms. The molecule has 1 nitrogen and oxygen atoms in total. The molecule has 0 amide bonds. The van der Waals surface area contributed by atoms with Crippen molar-refractivity contribution in [1.82, 2.24) is 0 Å². The van der Waals surface area contributed by atoms with E-state index >= 15 is 0 Å². The molecule has 0 heterocycles. The summed E-state index contributed by atoms with van der Waals surface area (Å²) in [6, 6.07) is 0. The molecule has 0 saturated heterocycles. The molecule has 90 valence electrons. The highest BCUT2D eigenvalue weighted by molar-refractivity contribution is 6.02. The maximum atomic E-state index is 11.7. The van der Waals surface area contributed by atoms with Crippen LogP contribution in [0.5, 0.6) is 0 Å². The third kappa shape index (κ3) is 3.96. The molecule has 0 N–H and O–H groups in total. The normalized spacial score (nSPS) is 21.2. The van der Waals surface area contributed by atoms with Crippen LogP contribution in [0.3, 0.4) is 0 Å². The molecule has 0 spiro atoms. The average Bonchev–Trinajstić information content (AvgIpc) is 2.62. The smallest absolute Gasteiger partial charge is 0.163 e. The van der Waals surface area contributed by atoms with Gasteiger partial charge >= 0.3 is 0 Å². The van der Waals surface area contributed by atoms with Crippen molar-refractivity contribution in [3.63, 3.8) is 0 Å². The van der Waals surface area contributed by atoms with E-state index < -0.39 is 0 Å². The predicted molar refractivity (Wildman–Crippen MR) is 69.5 cm³/mol. The number of carbonyl (C=O) groups is 1. The minimum Gasteiger partial charge on any atom is -0.294 e. The van der Waals surface area contributed by atoms with Gasteiger partial charge in [0, 0.05) is 12.0 Å². The van der Waals surface area contributed by atoms with Gasteiger partial charge in [-0.15, -0.1) is 0 Å². The highest BCUT2D eigenvalue weighted by Crippen LogP contribution is 2.28. The highest BCUT2D eigenvalue weighted by Gasteiger charge is 2.21. The fourth-order valence-corrected chi connectivity index (χ4v) is 2.08. The number of carbonyl (C=O) groups excluding carboxylic acids is 1. The van der Waals surface area contributed by atoms with E-state index in [1.807, 2.05) is 0 Å². The van der Waals surface area contributed by atoms with E-state index in [0.29, 0.717) is 5.78 Å². The van der Waals surface area contributed by atoms with Gasteiger partial charge < -0.3 is 0 Å². The molecule has 1 aliphatic rings. The summed E-state index contributed by atoms with van der Waals surface area (Å²) < 4.78 is 0. The zero-order chi connectivity index (χ0) is 11.8. The quantitative estimate of drug-likeness (QED) is 0.473. The Morgan fingerprint density at radius 2 is 1.62 bits per heavy atom. The Labute approximate surface area is 99.6 Å². The van der Waals surface area contributed by atoms with Crippen LogP contribution >= 0.6 is 0 Å². The molecule has 1 saturated carbocycles. The van der Waals surface area contributed by atoms with Crippen LogP contribution in [0.4, 0.5) is 0 Å². The molecule has 1 heteroatoms. The van der Waals surface area contributed by atoms with Gasteiger partial charge in [0.1, 0.15) is 0 Å². The number of Topliss-reactive ketones (excluding diaryl/α,β-unsaturated/α-hetero) is 1. The molecule has 0 unspecified atom stereocenters. The van der Waals surface area contributed by atoms with Crippen LogP contribution in [0.1, 0.15) is 65.2 Å². The number of unbranched alkanes of at least 4 members (excludes halogenated alkanes) is 4. The Balaban J connectivity index is 2.58. The lowest BCUT2D eigenvalue weighted by Gasteiger charge is -2.00. The highest BCUT2D eigenvalue weighted by atomic mass is 16.1. The molecule has 0 aromatic rings. The Bertz CT molecular complexity index is 284. The van der Waals surface area contributed by atoms with Crippen molar-refractivity contribution in [2.45, 2.75) is 65.2 Å². The first-order chi connectivity index (χ1) is 7.79. The van der Waals surface area contributed by atoms with E-state index in [4.69, 9.17) is 0 Å². The van der Waals surface area contributed by atoms with Crippen LogP contribution in [0.25, 0.3) is 0 Å². The number of hydrogen-bond donors (Lipinski definition) is 0. The zero-order valence-corrected chi connectivity index (χ0v) is 10.7. The van der Waals surface area contributed by atoms with Gasteiger partial charge in [0.2, 0.25) is 0 Å². The van der Waals surface area contributed by atoms with Crippen LogP contribution < -0.4 is 0 Å². The first-order valence-corrected chi connectivity index (χ1v) is 6.72. The largest absolute Gasteiger partial charge is 0.294 e. The summed E-state index contributed by atoms with van der Waals surface area (Å²) >= 11 is 0. The third-order valence-corrected chi connectivity index (χ3v) is 3.12. The molecule has 1 rings (SSSR count). The first-order valence-electron chi connectivity index (χ1n) is 6.72. The van der Waals surface area contributed by atoms with Crippen molar-refractivity contribution >= 4 is 5.78 Å². The Hall–Kier alpha value is -0.850. The standard InChI is InChI=1S/C15H24O/c1-3-5-7-9-13-11-12-15(16)14(13)10-8-6-4-2/h9-10H,3-8,11-12H2,1-2H3. The predicted octanol–water partition coefficient (Wildman–Crippen LogP) is 4.58. The molecule has 0 atom stereocenters. The van der Waals surface area contributed by atoms with E-state index in [-0.39, 0.29) is 0 Å². The van der Waals surface area contributed by atoms with Gasteiger partial charge in [0.15, 0.2) is 5.78 Å². The minimum absolute atomic E-state index is 0.360. The maximum Gasteiger partial charge on any atom is 0.163 e. The fraction of sp³-hybridized carbons (Fsp3) is 0.667. The zero-order valence-electron chi connectivity index (χ0n) is 10.7. The third-order valence-electron chi connectivity index (χ3n) is 3.12. The molecule has 1 aliphatic carbocycles. The second-order valence-corrected chi connectivity index (χ2v) is 4.55. The lowest BCUT2D eigenvalue weighted by atomic mass is 10.0. The molecule has 1 fully saturated rings. The van der Waals surface area contributed by atoms with Crippen molar-refractivity contribution in [2.24, 2.45) is 0 Å². The lowest BCUT2D eigenvalue weighted by molar-refractivity contribution is -0.114. The number of ketones is 1. The molecule has 0 aromatic heterocycles. The average molecular weight is 220 g/mol. The monoisotopic (exact) mass is 220 g/mol. The van der Waals surface area contributed by atoms with E-state index in [0.717, 1.165) is 31.3 Å². The van der Waals surface area contributed by atoms with E-state index in [1.54, 1.807) is 0 Å². The summed E-state index contributed by atoms with van der Waals surface area (Å²) in [5.74, 6) is 0.360. The SMILES string of the molecule is CCCCC=C1CCC(=O)C1=CCCCC.